The van der Waals surface area contributed by atoms with E-state index in [2.05, 4.69) is 11.9 Å². The molecule has 1 amide bonds. The van der Waals surface area contributed by atoms with Gasteiger partial charge in [-0.1, -0.05) is 0 Å². The molecule has 1 saturated heterocycles. The Labute approximate surface area is 124 Å². The van der Waals surface area contributed by atoms with Crippen LogP contribution in [0.3, 0.4) is 0 Å². The van der Waals surface area contributed by atoms with Crippen LogP contribution in [0.15, 0.2) is 18.2 Å². The van der Waals surface area contributed by atoms with Gasteiger partial charge in [-0.15, -0.1) is 0 Å². The van der Waals surface area contributed by atoms with Crippen molar-refractivity contribution in [2.45, 2.75) is 39.2 Å². The Hall–Kier alpha value is -1.81. The van der Waals surface area contributed by atoms with Crippen LogP contribution in [0.5, 0.6) is 0 Å². The lowest BCUT2D eigenvalue weighted by Crippen LogP contribution is -2.48. The number of aromatic amines is 1. The highest BCUT2D eigenvalue weighted by atomic mass is 16.3. The molecule has 1 aliphatic rings. The van der Waals surface area contributed by atoms with E-state index in [1.54, 1.807) is 11.8 Å². The molecule has 2 heterocycles. The highest BCUT2D eigenvalue weighted by Gasteiger charge is 2.31. The standard InChI is InChI=1S/C17H22N2O2/c1-11-12(2)18-15-6-5-13(9-14(11)15)16(20)19-8-4-7-17(3,21)10-19/h5-6,9,18,21H,4,7-8,10H2,1-3H3. The van der Waals surface area contributed by atoms with Gasteiger partial charge in [0.1, 0.15) is 0 Å². The highest BCUT2D eigenvalue weighted by molar-refractivity contribution is 5.99. The van der Waals surface area contributed by atoms with Crippen molar-refractivity contribution in [3.8, 4) is 0 Å². The number of carbonyl (C=O) groups is 1. The Morgan fingerprint density at radius 3 is 2.86 bits per heavy atom. The van der Waals surface area contributed by atoms with Crippen molar-refractivity contribution in [2.24, 2.45) is 0 Å². The number of aromatic nitrogens is 1. The minimum atomic E-state index is -0.765. The molecule has 4 nitrogen and oxygen atoms in total. The van der Waals surface area contributed by atoms with E-state index < -0.39 is 5.60 Å². The number of β-amino-alcohol motifs (C(OH)–C–C–N with tert-alkyl or cyclic N) is 1. The molecule has 3 rings (SSSR count). The summed E-state index contributed by atoms with van der Waals surface area (Å²) in [6.07, 6.45) is 1.61. The van der Waals surface area contributed by atoms with E-state index in [0.717, 1.165) is 36.0 Å². The summed E-state index contributed by atoms with van der Waals surface area (Å²) in [4.78, 5) is 17.7. The van der Waals surface area contributed by atoms with Gasteiger partial charge in [-0.3, -0.25) is 4.79 Å². The zero-order chi connectivity index (χ0) is 15.2. The van der Waals surface area contributed by atoms with Gasteiger partial charge in [0.2, 0.25) is 0 Å². The van der Waals surface area contributed by atoms with Crippen LogP contribution < -0.4 is 0 Å². The molecule has 0 radical (unpaired) electrons. The zero-order valence-corrected chi connectivity index (χ0v) is 12.9. The molecule has 1 aliphatic heterocycles. The molecule has 1 unspecified atom stereocenters. The number of amides is 1. The van der Waals surface area contributed by atoms with Crippen molar-refractivity contribution in [3.63, 3.8) is 0 Å². The summed E-state index contributed by atoms with van der Waals surface area (Å²) in [6.45, 7) is 7.04. The smallest absolute Gasteiger partial charge is 0.253 e. The van der Waals surface area contributed by atoms with Gasteiger partial charge in [0.15, 0.2) is 0 Å². The van der Waals surface area contributed by atoms with E-state index in [0.29, 0.717) is 12.1 Å². The minimum absolute atomic E-state index is 0.00938. The number of fused-ring (bicyclic) bond motifs is 1. The van der Waals surface area contributed by atoms with E-state index in [9.17, 15) is 9.90 Å². The first-order chi connectivity index (χ1) is 9.87. The van der Waals surface area contributed by atoms with Crippen LogP contribution in [-0.2, 0) is 0 Å². The minimum Gasteiger partial charge on any atom is -0.388 e. The predicted octanol–water partition coefficient (Wildman–Crippen LogP) is 2.77. The topological polar surface area (TPSA) is 56.3 Å². The molecule has 1 atom stereocenters. The van der Waals surface area contributed by atoms with Gasteiger partial charge in [-0.05, 0) is 57.4 Å². The second-order valence-electron chi connectivity index (χ2n) is 6.46. The Balaban J connectivity index is 1.92. The summed E-state index contributed by atoms with van der Waals surface area (Å²) in [6, 6.07) is 5.79. The lowest BCUT2D eigenvalue weighted by Gasteiger charge is -2.36. The Bertz CT molecular complexity index is 700. The third-order valence-electron chi connectivity index (χ3n) is 4.52. The normalized spacial score (nSPS) is 22.8. The third kappa shape index (κ3) is 2.56. The van der Waals surface area contributed by atoms with Gasteiger partial charge in [0.05, 0.1) is 5.60 Å². The number of hydrogen-bond donors (Lipinski definition) is 2. The van der Waals surface area contributed by atoms with Crippen molar-refractivity contribution in [2.75, 3.05) is 13.1 Å². The molecule has 2 N–H and O–H groups in total. The molecule has 0 spiro atoms. The number of aliphatic hydroxyl groups is 1. The lowest BCUT2D eigenvalue weighted by molar-refractivity contribution is -0.0107. The van der Waals surface area contributed by atoms with Crippen molar-refractivity contribution in [3.05, 3.63) is 35.0 Å². The molecule has 21 heavy (non-hydrogen) atoms. The second kappa shape index (κ2) is 4.88. The van der Waals surface area contributed by atoms with Crippen LogP contribution in [0.25, 0.3) is 10.9 Å². The fourth-order valence-corrected chi connectivity index (χ4v) is 3.17. The molecule has 112 valence electrons. The van der Waals surface area contributed by atoms with E-state index in [-0.39, 0.29) is 5.91 Å². The van der Waals surface area contributed by atoms with Crippen LogP contribution in [0.2, 0.25) is 0 Å². The summed E-state index contributed by atoms with van der Waals surface area (Å²) in [5.41, 5.74) is 3.31. The van der Waals surface area contributed by atoms with Crippen LogP contribution >= 0.6 is 0 Å². The molecule has 1 aromatic carbocycles. The predicted molar refractivity (Wildman–Crippen MR) is 83.5 cm³/mol. The van der Waals surface area contributed by atoms with Crippen LogP contribution in [0.4, 0.5) is 0 Å². The number of rotatable bonds is 1. The van der Waals surface area contributed by atoms with Gasteiger partial charge in [-0.25, -0.2) is 0 Å². The van der Waals surface area contributed by atoms with Crippen molar-refractivity contribution in [1.82, 2.24) is 9.88 Å². The van der Waals surface area contributed by atoms with Crippen LogP contribution in [0, 0.1) is 13.8 Å². The van der Waals surface area contributed by atoms with Crippen molar-refractivity contribution < 1.29 is 9.90 Å². The molecule has 1 fully saturated rings. The maximum Gasteiger partial charge on any atom is 0.253 e. The first-order valence-corrected chi connectivity index (χ1v) is 7.48. The molecule has 1 aromatic heterocycles. The average Bonchev–Trinajstić information content (AvgIpc) is 2.72. The van der Waals surface area contributed by atoms with Crippen LogP contribution in [0.1, 0.15) is 41.4 Å². The van der Waals surface area contributed by atoms with E-state index in [1.165, 1.54) is 5.56 Å². The molecular weight excluding hydrogens is 264 g/mol. The number of carbonyl (C=O) groups excluding carboxylic acids is 1. The zero-order valence-electron chi connectivity index (χ0n) is 12.9. The second-order valence-corrected chi connectivity index (χ2v) is 6.46. The fourth-order valence-electron chi connectivity index (χ4n) is 3.17. The third-order valence-corrected chi connectivity index (χ3v) is 4.52. The number of nitrogens with zero attached hydrogens (tertiary/aromatic N) is 1. The maximum atomic E-state index is 12.7. The summed E-state index contributed by atoms with van der Waals surface area (Å²) in [5.74, 6) is 0.00938. The first-order valence-electron chi connectivity index (χ1n) is 7.48. The largest absolute Gasteiger partial charge is 0.388 e. The summed E-state index contributed by atoms with van der Waals surface area (Å²) in [7, 11) is 0. The number of likely N-dealkylation sites (tertiary alicyclic amines) is 1. The van der Waals surface area contributed by atoms with Crippen molar-refractivity contribution >= 4 is 16.8 Å². The lowest BCUT2D eigenvalue weighted by atomic mass is 9.94. The number of piperidine rings is 1. The SMILES string of the molecule is Cc1[nH]c2ccc(C(=O)N3CCCC(C)(O)C3)cc2c1C. The monoisotopic (exact) mass is 286 g/mol. The number of H-pyrrole nitrogens is 1. The number of hydrogen-bond acceptors (Lipinski definition) is 2. The summed E-state index contributed by atoms with van der Waals surface area (Å²) >= 11 is 0. The highest BCUT2D eigenvalue weighted by Crippen LogP contribution is 2.25. The number of aryl methyl sites for hydroxylation is 2. The molecular formula is C17H22N2O2. The maximum absolute atomic E-state index is 12.7. The van der Waals surface area contributed by atoms with E-state index in [4.69, 9.17) is 0 Å². The molecule has 4 heteroatoms. The Morgan fingerprint density at radius 2 is 2.14 bits per heavy atom. The number of benzene rings is 1. The average molecular weight is 286 g/mol. The summed E-state index contributed by atoms with van der Waals surface area (Å²) in [5, 5.41) is 11.3. The van der Waals surface area contributed by atoms with Gasteiger partial charge in [0.25, 0.3) is 5.91 Å². The molecule has 0 saturated carbocycles. The van der Waals surface area contributed by atoms with Gasteiger partial charge < -0.3 is 15.0 Å². The Kier molecular flexibility index (Phi) is 3.29. The molecule has 0 bridgehead atoms. The van der Waals surface area contributed by atoms with Crippen LogP contribution in [-0.4, -0.2) is 39.6 Å². The fraction of sp³-hybridized carbons (Fsp3) is 0.471. The Morgan fingerprint density at radius 1 is 1.38 bits per heavy atom. The summed E-state index contributed by atoms with van der Waals surface area (Å²) < 4.78 is 0. The quantitative estimate of drug-likeness (QED) is 0.847. The first kappa shape index (κ1) is 14.1. The van der Waals surface area contributed by atoms with Crippen molar-refractivity contribution in [1.29, 1.82) is 0 Å². The van der Waals surface area contributed by atoms with Gasteiger partial charge >= 0.3 is 0 Å². The van der Waals surface area contributed by atoms with E-state index >= 15 is 0 Å². The van der Waals surface area contributed by atoms with Gasteiger partial charge in [-0.2, -0.15) is 0 Å². The van der Waals surface area contributed by atoms with E-state index in [1.807, 2.05) is 25.1 Å². The molecule has 2 aromatic rings. The molecule has 0 aliphatic carbocycles. The van der Waals surface area contributed by atoms with Gasteiger partial charge in [0, 0.05) is 35.2 Å². The number of nitrogens with one attached hydrogen (secondary N) is 1.